The van der Waals surface area contributed by atoms with Gasteiger partial charge in [-0.15, -0.1) is 11.3 Å². The van der Waals surface area contributed by atoms with Crippen LogP contribution in [0.2, 0.25) is 0 Å². The van der Waals surface area contributed by atoms with Crippen molar-refractivity contribution in [2.45, 2.75) is 71.4 Å². The zero-order chi connectivity index (χ0) is 38.9. The van der Waals surface area contributed by atoms with Crippen LogP contribution in [-0.4, -0.2) is 81.8 Å². The Morgan fingerprint density at radius 3 is 2.23 bits per heavy atom. The first-order valence-electron chi connectivity index (χ1n) is 17.3. The van der Waals surface area contributed by atoms with Crippen molar-refractivity contribution in [2.75, 3.05) is 31.7 Å². The van der Waals surface area contributed by atoms with Gasteiger partial charge in [0, 0.05) is 41.6 Å². The van der Waals surface area contributed by atoms with Crippen LogP contribution in [0, 0.1) is 0 Å². The van der Waals surface area contributed by atoms with Crippen LogP contribution in [0.1, 0.15) is 61.2 Å². The number of halogens is 3. The highest BCUT2D eigenvalue weighted by Gasteiger charge is 2.39. The lowest BCUT2D eigenvalue weighted by Gasteiger charge is -2.45. The Kier molecular flexibility index (Phi) is 13.7. The van der Waals surface area contributed by atoms with Crippen LogP contribution in [0.15, 0.2) is 84.4 Å². The van der Waals surface area contributed by atoms with Crippen LogP contribution in [0.4, 0.5) is 19.0 Å². The number of para-hydroxylation sites is 1. The Balaban J connectivity index is 0.000000240. The highest BCUT2D eigenvalue weighted by atomic mass is 32.1. The van der Waals surface area contributed by atoms with E-state index in [-0.39, 0.29) is 23.9 Å². The number of fused-ring (bicyclic) bond motifs is 1. The number of carbonyl (C=O) groups excluding carboxylic acids is 3. The third kappa shape index (κ3) is 9.58. The number of benzene rings is 2. The number of anilines is 1. The zero-order valence-corrected chi connectivity index (χ0v) is 31.6. The Labute approximate surface area is 311 Å². The predicted octanol–water partition coefficient (Wildman–Crippen LogP) is 6.05. The number of thiazole rings is 1. The summed E-state index contributed by atoms with van der Waals surface area (Å²) in [5.74, 6) is -0.666. The van der Waals surface area contributed by atoms with Gasteiger partial charge in [-0.3, -0.25) is 24.2 Å². The number of alkyl halides is 3. The number of ether oxygens (including phenoxy) is 1. The number of amides is 3. The van der Waals surface area contributed by atoms with Gasteiger partial charge in [0.15, 0.2) is 5.01 Å². The van der Waals surface area contributed by atoms with Crippen molar-refractivity contribution in [1.29, 1.82) is 0 Å². The third-order valence-electron chi connectivity index (χ3n) is 9.02. The summed E-state index contributed by atoms with van der Waals surface area (Å²) in [6.07, 6.45) is -2.81. The van der Waals surface area contributed by atoms with Crippen LogP contribution in [0.25, 0.3) is 5.69 Å². The van der Waals surface area contributed by atoms with E-state index >= 15 is 0 Å². The lowest BCUT2D eigenvalue weighted by molar-refractivity contribution is -0.137. The summed E-state index contributed by atoms with van der Waals surface area (Å²) in [5.41, 5.74) is 2.43. The highest BCUT2D eigenvalue weighted by Crippen LogP contribution is 2.33. The van der Waals surface area contributed by atoms with E-state index < -0.39 is 28.7 Å². The highest BCUT2D eigenvalue weighted by molar-refractivity contribution is 7.10. The molecule has 53 heavy (non-hydrogen) atoms. The first kappa shape index (κ1) is 40.9. The van der Waals surface area contributed by atoms with Gasteiger partial charge in [-0.05, 0) is 45.5 Å². The first-order chi connectivity index (χ1) is 25.2. The minimum absolute atomic E-state index is 0.101. The normalized spacial score (nSPS) is 15.6. The van der Waals surface area contributed by atoms with E-state index in [9.17, 15) is 27.6 Å². The van der Waals surface area contributed by atoms with Gasteiger partial charge in [0.05, 0.1) is 31.1 Å². The van der Waals surface area contributed by atoms with E-state index in [0.29, 0.717) is 41.9 Å². The van der Waals surface area contributed by atoms with Crippen molar-refractivity contribution in [1.82, 2.24) is 30.3 Å². The number of hydrogen-bond acceptors (Lipinski definition) is 8. The number of aromatic nitrogens is 3. The quantitative estimate of drug-likeness (QED) is 0.189. The molecule has 2 N–H and O–H groups in total. The molecule has 2 aliphatic heterocycles. The molecule has 0 bridgehead atoms. The van der Waals surface area contributed by atoms with E-state index in [0.717, 1.165) is 35.4 Å². The SMILES string of the molecule is C=C(C(=O)NCc1ccccc1)C(C)(C)N(C)C1COC1.CC.CCN1C(=O)C(NC(=O)c2csc(C(F)(F)F)n2)Cc2cnn(-c3ccccc3)c21. The minimum Gasteiger partial charge on any atom is -0.378 e. The summed E-state index contributed by atoms with van der Waals surface area (Å²) in [6, 6.07) is 18.6. The number of nitrogens with one attached hydrogen (secondary N) is 2. The van der Waals surface area contributed by atoms with E-state index in [2.05, 4.69) is 32.2 Å². The van der Waals surface area contributed by atoms with Crippen LogP contribution in [-0.2, 0) is 33.5 Å². The second-order valence-electron chi connectivity index (χ2n) is 12.6. The second kappa shape index (κ2) is 17.8. The zero-order valence-electron chi connectivity index (χ0n) is 30.7. The second-order valence-corrected chi connectivity index (χ2v) is 13.5. The molecule has 1 saturated heterocycles. The monoisotopic (exact) mass is 753 g/mol. The Hall–Kier alpha value is -4.86. The van der Waals surface area contributed by atoms with E-state index in [1.54, 1.807) is 17.8 Å². The summed E-state index contributed by atoms with van der Waals surface area (Å²) in [5, 5.41) is 9.75. The topological polar surface area (TPSA) is 122 Å². The van der Waals surface area contributed by atoms with E-state index in [1.807, 2.05) is 95.4 Å². The number of carbonyl (C=O) groups is 3. The summed E-state index contributed by atoms with van der Waals surface area (Å²) >= 11 is 0.337. The van der Waals surface area contributed by atoms with Crippen LogP contribution >= 0.6 is 11.3 Å². The molecule has 0 aliphatic carbocycles. The van der Waals surface area contributed by atoms with Crippen molar-refractivity contribution in [3.8, 4) is 5.69 Å². The van der Waals surface area contributed by atoms with Crippen LogP contribution < -0.4 is 15.5 Å². The molecule has 1 unspecified atom stereocenters. The lowest BCUT2D eigenvalue weighted by Crippen LogP contribution is -2.57. The van der Waals surface area contributed by atoms with Gasteiger partial charge in [-0.2, -0.15) is 18.3 Å². The molecular formula is C38H46F3N7O4S. The van der Waals surface area contributed by atoms with Gasteiger partial charge >= 0.3 is 6.18 Å². The average Bonchev–Trinajstić information content (AvgIpc) is 3.81. The number of rotatable bonds is 10. The Morgan fingerprint density at radius 1 is 1.06 bits per heavy atom. The predicted molar refractivity (Wildman–Crippen MR) is 199 cm³/mol. The Morgan fingerprint density at radius 2 is 1.68 bits per heavy atom. The standard InChI is InChI=1S/C19H16F3N5O2S.C17H24N2O2.C2H6/c1-2-26-16-11(9-23-27(16)12-6-4-3-5-7-12)8-13(17(26)29)24-15(28)14-10-30-18(25-14)19(20,21)22;1-13(17(2,3)19(4)15-11-21-12-15)16(20)18-10-14-8-6-5-7-9-14;1-2/h3-7,9-10,13H,2,8H2,1H3,(H,24,28);5-9,15H,1,10-12H2,2-4H3,(H,18,20);1-2H3. The van der Waals surface area contributed by atoms with Gasteiger partial charge < -0.3 is 15.4 Å². The van der Waals surface area contributed by atoms with Crippen molar-refractivity contribution in [3.63, 3.8) is 0 Å². The molecule has 2 aromatic heterocycles. The number of likely N-dealkylation sites (N-methyl/N-ethyl adjacent to an activating group) is 2. The molecule has 1 atom stereocenters. The third-order valence-corrected chi connectivity index (χ3v) is 9.91. The molecule has 4 heterocycles. The molecule has 2 aromatic carbocycles. The number of hydrogen-bond donors (Lipinski definition) is 2. The van der Waals surface area contributed by atoms with Crippen LogP contribution in [0.3, 0.4) is 0 Å². The van der Waals surface area contributed by atoms with Gasteiger partial charge in [-0.25, -0.2) is 9.67 Å². The van der Waals surface area contributed by atoms with Crippen LogP contribution in [0.5, 0.6) is 0 Å². The van der Waals surface area contributed by atoms with Crippen molar-refractivity contribution >= 4 is 34.9 Å². The number of nitrogens with zero attached hydrogens (tertiary/aromatic N) is 5. The molecule has 1 fully saturated rings. The van der Waals surface area contributed by atoms with Gasteiger partial charge in [0.1, 0.15) is 17.6 Å². The molecule has 4 aromatic rings. The van der Waals surface area contributed by atoms with E-state index in [1.165, 1.54) is 4.90 Å². The molecule has 2 aliphatic rings. The maximum atomic E-state index is 13.0. The van der Waals surface area contributed by atoms with Crippen molar-refractivity contribution in [3.05, 3.63) is 106 Å². The van der Waals surface area contributed by atoms with Crippen molar-refractivity contribution in [2.24, 2.45) is 0 Å². The lowest BCUT2D eigenvalue weighted by atomic mass is 9.91. The summed E-state index contributed by atoms with van der Waals surface area (Å²) in [4.78, 5) is 44.8. The molecule has 0 spiro atoms. The molecule has 0 saturated carbocycles. The molecule has 11 nitrogen and oxygen atoms in total. The molecular weight excluding hydrogens is 708 g/mol. The largest absolute Gasteiger partial charge is 0.443 e. The fourth-order valence-electron chi connectivity index (χ4n) is 5.60. The minimum atomic E-state index is -4.62. The first-order valence-corrected chi connectivity index (χ1v) is 18.2. The molecule has 3 amide bonds. The fraction of sp³-hybridized carbons (Fsp3) is 0.395. The molecule has 6 rings (SSSR count). The average molecular weight is 754 g/mol. The Bertz CT molecular complexity index is 1860. The fourth-order valence-corrected chi connectivity index (χ4v) is 6.27. The maximum absolute atomic E-state index is 13.0. The van der Waals surface area contributed by atoms with Crippen molar-refractivity contribution < 1.29 is 32.3 Å². The molecule has 15 heteroatoms. The maximum Gasteiger partial charge on any atom is 0.443 e. The van der Waals surface area contributed by atoms with E-state index in [4.69, 9.17) is 4.74 Å². The van der Waals surface area contributed by atoms with Gasteiger partial charge in [0.25, 0.3) is 11.8 Å². The smallest absolute Gasteiger partial charge is 0.378 e. The van der Waals surface area contributed by atoms with Gasteiger partial charge in [-0.1, -0.05) is 69.0 Å². The summed E-state index contributed by atoms with van der Waals surface area (Å²) in [7, 11) is 2.02. The summed E-state index contributed by atoms with van der Waals surface area (Å²) < 4.78 is 45.1. The van der Waals surface area contributed by atoms with Gasteiger partial charge in [0.2, 0.25) is 5.91 Å². The molecule has 0 radical (unpaired) electrons. The molecule has 284 valence electrons. The summed E-state index contributed by atoms with van der Waals surface area (Å²) in [6.45, 7) is 16.1.